The molecular formula is C13H25IN4O. The van der Waals surface area contributed by atoms with Gasteiger partial charge in [0.05, 0.1) is 12.8 Å². The summed E-state index contributed by atoms with van der Waals surface area (Å²) in [5.41, 5.74) is 0.0717. The summed E-state index contributed by atoms with van der Waals surface area (Å²) in [4.78, 5) is 6.36. The van der Waals surface area contributed by atoms with Gasteiger partial charge in [-0.3, -0.25) is 4.99 Å². The van der Waals surface area contributed by atoms with Crippen LogP contribution in [0.25, 0.3) is 0 Å². The zero-order valence-corrected chi connectivity index (χ0v) is 14.7. The van der Waals surface area contributed by atoms with Gasteiger partial charge in [0.25, 0.3) is 0 Å². The van der Waals surface area contributed by atoms with E-state index in [1.54, 1.807) is 13.3 Å². The van der Waals surface area contributed by atoms with Crippen molar-refractivity contribution in [3.63, 3.8) is 0 Å². The maximum atomic E-state index is 5.26. The van der Waals surface area contributed by atoms with Gasteiger partial charge in [0.15, 0.2) is 5.96 Å². The molecule has 0 fully saturated rings. The number of furan rings is 1. The highest BCUT2D eigenvalue weighted by Gasteiger charge is 2.20. The van der Waals surface area contributed by atoms with Gasteiger partial charge in [-0.05, 0) is 40.1 Å². The van der Waals surface area contributed by atoms with E-state index in [0.717, 1.165) is 18.3 Å². The first-order valence-electron chi connectivity index (χ1n) is 6.10. The van der Waals surface area contributed by atoms with E-state index in [9.17, 15) is 0 Å². The molecule has 0 unspecified atom stereocenters. The van der Waals surface area contributed by atoms with Gasteiger partial charge in [-0.15, -0.1) is 24.0 Å². The summed E-state index contributed by atoms with van der Waals surface area (Å²) in [5, 5.41) is 6.52. The minimum absolute atomic E-state index is 0. The number of hydrogen-bond acceptors (Lipinski definition) is 3. The molecule has 1 aromatic heterocycles. The van der Waals surface area contributed by atoms with Crippen molar-refractivity contribution in [1.29, 1.82) is 0 Å². The van der Waals surface area contributed by atoms with E-state index in [4.69, 9.17) is 4.42 Å². The molecule has 0 aliphatic carbocycles. The summed E-state index contributed by atoms with van der Waals surface area (Å²) < 4.78 is 5.26. The molecule has 0 radical (unpaired) electrons. The lowest BCUT2D eigenvalue weighted by Gasteiger charge is -2.33. The van der Waals surface area contributed by atoms with Gasteiger partial charge in [0.1, 0.15) is 5.76 Å². The minimum atomic E-state index is 0. The van der Waals surface area contributed by atoms with E-state index >= 15 is 0 Å². The predicted molar refractivity (Wildman–Crippen MR) is 90.1 cm³/mol. The second kappa shape index (κ2) is 8.42. The highest BCUT2D eigenvalue weighted by Crippen LogP contribution is 2.07. The third kappa shape index (κ3) is 6.29. The van der Waals surface area contributed by atoms with Crippen LogP contribution in [0.1, 0.15) is 19.6 Å². The fraction of sp³-hybridized carbons (Fsp3) is 0.615. The normalized spacial score (nSPS) is 12.2. The second-order valence-corrected chi connectivity index (χ2v) is 5.07. The van der Waals surface area contributed by atoms with Gasteiger partial charge in [-0.25, -0.2) is 0 Å². The Hall–Kier alpha value is -0.760. The molecule has 0 atom stereocenters. The molecule has 5 nitrogen and oxygen atoms in total. The topological polar surface area (TPSA) is 52.8 Å². The Labute approximate surface area is 132 Å². The van der Waals surface area contributed by atoms with Crippen molar-refractivity contribution in [2.45, 2.75) is 25.9 Å². The molecule has 19 heavy (non-hydrogen) atoms. The Morgan fingerprint density at radius 3 is 2.53 bits per heavy atom. The molecule has 1 heterocycles. The first-order chi connectivity index (χ1) is 8.45. The molecule has 0 saturated carbocycles. The monoisotopic (exact) mass is 380 g/mol. The van der Waals surface area contributed by atoms with Crippen LogP contribution in [0, 0.1) is 0 Å². The maximum Gasteiger partial charge on any atom is 0.191 e. The van der Waals surface area contributed by atoms with Crippen LogP contribution < -0.4 is 10.6 Å². The predicted octanol–water partition coefficient (Wildman–Crippen LogP) is 1.90. The van der Waals surface area contributed by atoms with E-state index in [-0.39, 0.29) is 29.5 Å². The number of likely N-dealkylation sites (N-methyl/N-ethyl adjacent to an activating group) is 1. The standard InChI is InChI=1S/C13H24N4O.HI/c1-13(2,17(4)5)10-16-12(14-3)15-9-11-7-6-8-18-11;/h6-8H,9-10H2,1-5H3,(H2,14,15,16);1H. The fourth-order valence-corrected chi connectivity index (χ4v) is 1.26. The average molecular weight is 380 g/mol. The van der Waals surface area contributed by atoms with Gasteiger partial charge in [-0.1, -0.05) is 0 Å². The number of aliphatic imine (C=N–C) groups is 1. The number of guanidine groups is 1. The zero-order valence-electron chi connectivity index (χ0n) is 12.4. The quantitative estimate of drug-likeness (QED) is 0.466. The van der Waals surface area contributed by atoms with E-state index in [1.165, 1.54) is 0 Å². The van der Waals surface area contributed by atoms with Crippen molar-refractivity contribution in [2.24, 2.45) is 4.99 Å². The van der Waals surface area contributed by atoms with Gasteiger partial charge in [-0.2, -0.15) is 0 Å². The van der Waals surface area contributed by atoms with Crippen molar-refractivity contribution < 1.29 is 4.42 Å². The number of nitrogens with zero attached hydrogens (tertiary/aromatic N) is 2. The summed E-state index contributed by atoms with van der Waals surface area (Å²) in [6.45, 7) is 5.81. The highest BCUT2D eigenvalue weighted by atomic mass is 127. The van der Waals surface area contributed by atoms with E-state index in [0.29, 0.717) is 6.54 Å². The Balaban J connectivity index is 0.00000324. The molecule has 1 aromatic rings. The van der Waals surface area contributed by atoms with Crippen LogP contribution in [-0.2, 0) is 6.54 Å². The average Bonchev–Trinajstić information content (AvgIpc) is 2.82. The number of halogens is 1. The molecule has 6 heteroatoms. The number of nitrogens with one attached hydrogen (secondary N) is 2. The van der Waals surface area contributed by atoms with E-state index in [2.05, 4.69) is 48.5 Å². The largest absolute Gasteiger partial charge is 0.467 e. The first-order valence-corrected chi connectivity index (χ1v) is 6.10. The first kappa shape index (κ1) is 18.2. The lowest BCUT2D eigenvalue weighted by Crippen LogP contribution is -2.50. The van der Waals surface area contributed by atoms with Crippen LogP contribution in [-0.4, -0.2) is 44.1 Å². The van der Waals surface area contributed by atoms with E-state index in [1.807, 2.05) is 12.1 Å². The molecular weight excluding hydrogens is 355 g/mol. The van der Waals surface area contributed by atoms with Crippen LogP contribution in [0.2, 0.25) is 0 Å². The third-order valence-corrected chi connectivity index (χ3v) is 3.13. The summed E-state index contributed by atoms with van der Waals surface area (Å²) in [7, 11) is 5.90. The summed E-state index contributed by atoms with van der Waals surface area (Å²) >= 11 is 0. The Bertz CT molecular complexity index is 374. The van der Waals surface area contributed by atoms with Crippen LogP contribution in [0.5, 0.6) is 0 Å². The summed E-state index contributed by atoms with van der Waals surface area (Å²) in [5.74, 6) is 1.67. The van der Waals surface area contributed by atoms with Crippen molar-refractivity contribution >= 4 is 29.9 Å². The molecule has 0 bridgehead atoms. The van der Waals surface area contributed by atoms with Gasteiger partial charge >= 0.3 is 0 Å². The van der Waals surface area contributed by atoms with Crippen LogP contribution >= 0.6 is 24.0 Å². The number of hydrogen-bond donors (Lipinski definition) is 2. The molecule has 0 aliphatic heterocycles. The SMILES string of the molecule is CN=C(NCc1ccco1)NCC(C)(C)N(C)C.I. The van der Waals surface area contributed by atoms with Crippen LogP contribution in [0.15, 0.2) is 27.8 Å². The summed E-state index contributed by atoms with van der Waals surface area (Å²) in [6.07, 6.45) is 1.67. The molecule has 0 aliphatic rings. The molecule has 0 spiro atoms. The zero-order chi connectivity index (χ0) is 13.6. The minimum Gasteiger partial charge on any atom is -0.467 e. The van der Waals surface area contributed by atoms with Crippen molar-refractivity contribution in [3.8, 4) is 0 Å². The smallest absolute Gasteiger partial charge is 0.191 e. The lowest BCUT2D eigenvalue weighted by molar-refractivity contribution is 0.197. The Kier molecular flexibility index (Phi) is 8.08. The molecule has 0 aromatic carbocycles. The molecule has 2 N–H and O–H groups in total. The van der Waals surface area contributed by atoms with Gasteiger partial charge < -0.3 is 20.0 Å². The third-order valence-electron chi connectivity index (χ3n) is 3.13. The maximum absolute atomic E-state index is 5.26. The van der Waals surface area contributed by atoms with Crippen LogP contribution in [0.3, 0.4) is 0 Å². The molecule has 0 saturated heterocycles. The van der Waals surface area contributed by atoms with Gasteiger partial charge in [0, 0.05) is 19.1 Å². The molecule has 0 amide bonds. The fourth-order valence-electron chi connectivity index (χ4n) is 1.26. The van der Waals surface area contributed by atoms with Gasteiger partial charge in [0.2, 0.25) is 0 Å². The van der Waals surface area contributed by atoms with Crippen molar-refractivity contribution in [1.82, 2.24) is 15.5 Å². The summed E-state index contributed by atoms with van der Waals surface area (Å²) in [6, 6.07) is 3.81. The Morgan fingerprint density at radius 1 is 1.37 bits per heavy atom. The molecule has 110 valence electrons. The lowest BCUT2D eigenvalue weighted by atomic mass is 10.0. The molecule has 1 rings (SSSR count). The van der Waals surface area contributed by atoms with E-state index < -0.39 is 0 Å². The number of rotatable bonds is 5. The van der Waals surface area contributed by atoms with Crippen LogP contribution in [0.4, 0.5) is 0 Å². The Morgan fingerprint density at radius 2 is 2.05 bits per heavy atom. The van der Waals surface area contributed by atoms with Crippen molar-refractivity contribution in [2.75, 3.05) is 27.7 Å². The van der Waals surface area contributed by atoms with Crippen molar-refractivity contribution in [3.05, 3.63) is 24.2 Å². The highest BCUT2D eigenvalue weighted by molar-refractivity contribution is 14.0. The second-order valence-electron chi connectivity index (χ2n) is 5.07.